The Bertz CT molecular complexity index is 992. The first-order valence-electron chi connectivity index (χ1n) is 16.0. The maximum absolute atomic E-state index is 14.9. The van der Waals surface area contributed by atoms with Crippen LogP contribution < -0.4 is 4.74 Å². The van der Waals surface area contributed by atoms with Crippen LogP contribution in [0.3, 0.4) is 0 Å². The van der Waals surface area contributed by atoms with Gasteiger partial charge in [-0.05, 0) is 67.2 Å². The zero-order valence-corrected chi connectivity index (χ0v) is 24.8. The third kappa shape index (κ3) is 8.76. The van der Waals surface area contributed by atoms with Gasteiger partial charge in [0.15, 0.2) is 17.9 Å². The molecule has 0 amide bonds. The van der Waals surface area contributed by atoms with Crippen molar-refractivity contribution in [2.24, 2.45) is 5.92 Å². The number of ether oxygens (including phenoxy) is 3. The lowest BCUT2D eigenvalue weighted by molar-refractivity contribution is -0.193. The molecule has 0 radical (unpaired) electrons. The quantitative estimate of drug-likeness (QED) is 0.204. The highest BCUT2D eigenvalue weighted by Gasteiger charge is 2.29. The van der Waals surface area contributed by atoms with Gasteiger partial charge in [-0.15, -0.1) is 0 Å². The molecule has 222 valence electrons. The Morgan fingerprint density at radius 1 is 0.675 bits per heavy atom. The molecule has 1 aliphatic carbocycles. The summed E-state index contributed by atoms with van der Waals surface area (Å²) >= 11 is 0. The number of unbranched alkanes of at least 4 members (excludes halogenated alkanes) is 7. The first-order chi connectivity index (χ1) is 19.6. The molecule has 1 saturated carbocycles. The van der Waals surface area contributed by atoms with Crippen LogP contribution in [0.5, 0.6) is 5.75 Å². The molecule has 4 rings (SSSR count). The van der Waals surface area contributed by atoms with E-state index >= 15 is 0 Å². The van der Waals surface area contributed by atoms with Crippen LogP contribution in [0.1, 0.15) is 139 Å². The normalized spacial score (nSPS) is 23.3. The van der Waals surface area contributed by atoms with Gasteiger partial charge < -0.3 is 14.2 Å². The van der Waals surface area contributed by atoms with Crippen LogP contribution in [0.15, 0.2) is 36.4 Å². The van der Waals surface area contributed by atoms with Crippen molar-refractivity contribution in [3.63, 3.8) is 0 Å². The molecule has 40 heavy (non-hydrogen) atoms. The van der Waals surface area contributed by atoms with Crippen molar-refractivity contribution in [1.82, 2.24) is 0 Å². The van der Waals surface area contributed by atoms with Gasteiger partial charge in [-0.2, -0.15) is 4.39 Å². The predicted molar refractivity (Wildman–Crippen MR) is 158 cm³/mol. The zero-order valence-electron chi connectivity index (χ0n) is 24.8. The molecule has 2 aromatic carbocycles. The van der Waals surface area contributed by atoms with Crippen molar-refractivity contribution in [3.8, 4) is 5.75 Å². The van der Waals surface area contributed by atoms with E-state index in [2.05, 4.69) is 38.1 Å². The lowest BCUT2D eigenvalue weighted by atomic mass is 9.77. The topological polar surface area (TPSA) is 27.7 Å². The number of halogens is 2. The van der Waals surface area contributed by atoms with Gasteiger partial charge in [-0.1, -0.05) is 95.9 Å². The zero-order chi connectivity index (χ0) is 28.2. The maximum Gasteiger partial charge on any atom is 0.201 e. The van der Waals surface area contributed by atoms with Crippen LogP contribution in [0.2, 0.25) is 0 Å². The second-order valence-electron chi connectivity index (χ2n) is 12.0. The second kappa shape index (κ2) is 16.5. The molecule has 0 N–H and O–H groups in total. The molecule has 1 aliphatic heterocycles. The van der Waals surface area contributed by atoms with E-state index in [9.17, 15) is 8.78 Å². The molecule has 0 aromatic heterocycles. The molecule has 0 atom stereocenters. The number of rotatable bonds is 15. The van der Waals surface area contributed by atoms with Gasteiger partial charge in [-0.3, -0.25) is 0 Å². The summed E-state index contributed by atoms with van der Waals surface area (Å²) in [5.41, 5.74) is 2.69. The molecule has 3 nitrogen and oxygen atoms in total. The van der Waals surface area contributed by atoms with Gasteiger partial charge in [0.1, 0.15) is 0 Å². The molecule has 1 heterocycles. The molecule has 5 heteroatoms. The van der Waals surface area contributed by atoms with Gasteiger partial charge >= 0.3 is 0 Å². The minimum atomic E-state index is -0.971. The van der Waals surface area contributed by atoms with Crippen LogP contribution in [0.4, 0.5) is 8.78 Å². The third-order valence-corrected chi connectivity index (χ3v) is 8.93. The highest BCUT2D eigenvalue weighted by molar-refractivity contribution is 5.32. The van der Waals surface area contributed by atoms with Gasteiger partial charge in [0.25, 0.3) is 0 Å². The Hall–Kier alpha value is -1.98. The summed E-state index contributed by atoms with van der Waals surface area (Å²) in [4.78, 5) is 0. The Kier molecular flexibility index (Phi) is 12.7. The molecular formula is C35H50F2O3. The summed E-state index contributed by atoms with van der Waals surface area (Å²) < 4.78 is 46.8. The first kappa shape index (κ1) is 31.0. The highest BCUT2D eigenvalue weighted by Crippen LogP contribution is 2.39. The predicted octanol–water partition coefficient (Wildman–Crippen LogP) is 10.4. The third-order valence-electron chi connectivity index (χ3n) is 8.93. The largest absolute Gasteiger partial charge is 0.490 e. The van der Waals surface area contributed by atoms with E-state index in [0.29, 0.717) is 25.7 Å². The van der Waals surface area contributed by atoms with Crippen molar-refractivity contribution < 1.29 is 23.0 Å². The van der Waals surface area contributed by atoms with Crippen LogP contribution in [0.25, 0.3) is 0 Å². The summed E-state index contributed by atoms with van der Waals surface area (Å²) in [6.45, 7) is 5.64. The Morgan fingerprint density at radius 3 is 1.93 bits per heavy atom. The fourth-order valence-electron chi connectivity index (χ4n) is 6.29. The Labute approximate surface area is 241 Å². The number of hydrogen-bond donors (Lipinski definition) is 0. The Morgan fingerprint density at radius 2 is 1.27 bits per heavy atom. The Balaban J connectivity index is 1.22. The molecule has 2 fully saturated rings. The van der Waals surface area contributed by atoms with Crippen molar-refractivity contribution in [1.29, 1.82) is 0 Å². The molecule has 0 bridgehead atoms. The van der Waals surface area contributed by atoms with Crippen molar-refractivity contribution in [2.75, 3.05) is 19.8 Å². The SMILES string of the molecule is CCCCCCCOc1ccc(C2OCC(c3ccc(C4CCC(CCCCCC)CC4)cc3)CO2)c(F)c1F. The average molecular weight is 557 g/mol. The lowest BCUT2D eigenvalue weighted by Crippen LogP contribution is -2.26. The van der Waals surface area contributed by atoms with Gasteiger partial charge in [-0.25, -0.2) is 4.39 Å². The van der Waals surface area contributed by atoms with E-state index in [0.717, 1.165) is 25.2 Å². The molecule has 1 saturated heterocycles. The van der Waals surface area contributed by atoms with Gasteiger partial charge in [0, 0.05) is 11.5 Å². The van der Waals surface area contributed by atoms with E-state index < -0.39 is 17.9 Å². The molecule has 2 aliphatic rings. The van der Waals surface area contributed by atoms with E-state index in [-0.39, 0.29) is 17.2 Å². The van der Waals surface area contributed by atoms with E-state index in [4.69, 9.17) is 14.2 Å². The van der Waals surface area contributed by atoms with Crippen LogP contribution >= 0.6 is 0 Å². The van der Waals surface area contributed by atoms with Crippen LogP contribution in [-0.2, 0) is 9.47 Å². The van der Waals surface area contributed by atoms with Crippen molar-refractivity contribution >= 4 is 0 Å². The fourth-order valence-corrected chi connectivity index (χ4v) is 6.29. The highest BCUT2D eigenvalue weighted by atomic mass is 19.2. The maximum atomic E-state index is 14.9. The summed E-state index contributed by atoms with van der Waals surface area (Å²) in [6, 6.07) is 11.9. The van der Waals surface area contributed by atoms with E-state index in [1.807, 2.05) is 0 Å². The van der Waals surface area contributed by atoms with Crippen molar-refractivity contribution in [3.05, 3.63) is 64.7 Å². The van der Waals surface area contributed by atoms with Gasteiger partial charge in [0.2, 0.25) is 5.82 Å². The summed E-state index contributed by atoms with van der Waals surface area (Å²) in [6.07, 6.45) is 16.6. The molecule has 2 aromatic rings. The summed E-state index contributed by atoms with van der Waals surface area (Å²) in [5, 5.41) is 0. The second-order valence-corrected chi connectivity index (χ2v) is 12.0. The monoisotopic (exact) mass is 556 g/mol. The van der Waals surface area contributed by atoms with E-state index in [1.54, 1.807) is 0 Å². The van der Waals surface area contributed by atoms with Gasteiger partial charge in [0.05, 0.1) is 19.8 Å². The van der Waals surface area contributed by atoms with Crippen LogP contribution in [0, 0.1) is 17.6 Å². The first-order valence-corrected chi connectivity index (χ1v) is 16.0. The summed E-state index contributed by atoms with van der Waals surface area (Å²) in [5.74, 6) is -0.318. The van der Waals surface area contributed by atoms with Crippen LogP contribution in [-0.4, -0.2) is 19.8 Å². The number of benzene rings is 2. The smallest absolute Gasteiger partial charge is 0.201 e. The minimum absolute atomic E-state index is 0.0500. The summed E-state index contributed by atoms with van der Waals surface area (Å²) in [7, 11) is 0. The number of hydrogen-bond acceptors (Lipinski definition) is 3. The molecule has 0 spiro atoms. The van der Waals surface area contributed by atoms with Crippen molar-refractivity contribution in [2.45, 2.75) is 122 Å². The fraction of sp³-hybridized carbons (Fsp3) is 0.657. The molecule has 0 unspecified atom stereocenters. The average Bonchev–Trinajstić information content (AvgIpc) is 3.00. The lowest BCUT2D eigenvalue weighted by Gasteiger charge is -2.31. The van der Waals surface area contributed by atoms with E-state index in [1.165, 1.54) is 93.9 Å². The minimum Gasteiger partial charge on any atom is -0.490 e. The molecular weight excluding hydrogens is 506 g/mol. The standard InChI is InChI=1S/C35H50F2O3/c1-3-5-7-9-11-23-38-32-22-21-31(33(36)34(32)37)35-39-24-30(25-40-35)29-19-17-28(18-20-29)27-15-13-26(14-16-27)12-10-8-6-4-2/h17-22,26-27,30,35H,3-16,23-25H2,1-2H3.